The highest BCUT2D eigenvalue weighted by Crippen LogP contribution is 2.35. The van der Waals surface area contributed by atoms with Gasteiger partial charge in [-0.05, 0) is 19.4 Å². The van der Waals surface area contributed by atoms with Gasteiger partial charge in [-0.25, -0.2) is 4.39 Å². The van der Waals surface area contributed by atoms with Crippen molar-refractivity contribution in [3.8, 4) is 0 Å². The van der Waals surface area contributed by atoms with Gasteiger partial charge in [-0.1, -0.05) is 13.3 Å². The zero-order valence-corrected chi connectivity index (χ0v) is 8.63. The molecule has 1 atom stereocenters. The van der Waals surface area contributed by atoms with Gasteiger partial charge in [-0.3, -0.25) is 9.69 Å². The molecule has 1 unspecified atom stereocenters. The highest BCUT2D eigenvalue weighted by atomic mass is 19.1. The van der Waals surface area contributed by atoms with E-state index in [1.165, 1.54) is 0 Å². The lowest BCUT2D eigenvalue weighted by Crippen LogP contribution is -2.35. The highest BCUT2D eigenvalue weighted by molar-refractivity contribution is 5.75. The van der Waals surface area contributed by atoms with E-state index in [2.05, 4.69) is 0 Å². The van der Waals surface area contributed by atoms with Crippen molar-refractivity contribution >= 4 is 5.97 Å². The largest absolute Gasteiger partial charge is 0.481 e. The summed E-state index contributed by atoms with van der Waals surface area (Å²) in [5, 5.41) is 9.16. The van der Waals surface area contributed by atoms with E-state index < -0.39 is 11.4 Å². The zero-order chi connectivity index (χ0) is 10.6. The number of carboxylic acids is 1. The number of hydrogen-bond donors (Lipinski definition) is 1. The number of likely N-dealkylation sites (tertiary alicyclic amines) is 1. The van der Waals surface area contributed by atoms with E-state index in [4.69, 9.17) is 5.11 Å². The van der Waals surface area contributed by atoms with E-state index in [1.54, 1.807) is 0 Å². The minimum atomic E-state index is -0.722. The molecular formula is C10H18FNO2. The monoisotopic (exact) mass is 203 g/mol. The van der Waals surface area contributed by atoms with Crippen LogP contribution in [-0.4, -0.2) is 42.3 Å². The first-order chi connectivity index (χ1) is 6.64. The maximum Gasteiger partial charge on any atom is 0.310 e. The van der Waals surface area contributed by atoms with Gasteiger partial charge in [-0.15, -0.1) is 0 Å². The van der Waals surface area contributed by atoms with Crippen molar-refractivity contribution in [1.82, 2.24) is 4.90 Å². The summed E-state index contributed by atoms with van der Waals surface area (Å²) in [7, 11) is 0. The third-order valence-corrected chi connectivity index (χ3v) is 3.02. The van der Waals surface area contributed by atoms with Gasteiger partial charge in [0.05, 0.1) is 5.41 Å². The molecule has 14 heavy (non-hydrogen) atoms. The first kappa shape index (κ1) is 11.4. The quantitative estimate of drug-likeness (QED) is 0.736. The Morgan fingerprint density at radius 3 is 2.86 bits per heavy atom. The molecule has 1 aliphatic heterocycles. The highest BCUT2D eigenvalue weighted by Gasteiger charge is 2.43. The van der Waals surface area contributed by atoms with Crippen LogP contribution >= 0.6 is 0 Å². The summed E-state index contributed by atoms with van der Waals surface area (Å²) in [5.74, 6) is -0.722. The van der Waals surface area contributed by atoms with Crippen molar-refractivity contribution in [3.63, 3.8) is 0 Å². The molecule has 1 N–H and O–H groups in total. The van der Waals surface area contributed by atoms with Crippen molar-refractivity contribution in [1.29, 1.82) is 0 Å². The van der Waals surface area contributed by atoms with Gasteiger partial charge < -0.3 is 5.11 Å². The summed E-state index contributed by atoms with van der Waals surface area (Å²) in [6.07, 6.45) is 2.23. The first-order valence-corrected chi connectivity index (χ1v) is 5.16. The molecular weight excluding hydrogens is 185 g/mol. The van der Waals surface area contributed by atoms with Gasteiger partial charge in [0.1, 0.15) is 6.67 Å². The Labute approximate surface area is 83.9 Å². The molecule has 82 valence electrons. The Bertz CT molecular complexity index is 210. The second kappa shape index (κ2) is 4.73. The smallest absolute Gasteiger partial charge is 0.310 e. The SMILES string of the molecule is CCCC1(C(=O)O)CCN(CCF)C1. The van der Waals surface area contributed by atoms with E-state index in [9.17, 15) is 9.18 Å². The van der Waals surface area contributed by atoms with Crippen molar-refractivity contribution in [2.45, 2.75) is 26.2 Å². The number of aliphatic carboxylic acids is 1. The van der Waals surface area contributed by atoms with Crippen LogP contribution in [0.5, 0.6) is 0 Å². The molecule has 1 rings (SSSR count). The Hall–Kier alpha value is -0.640. The molecule has 0 saturated carbocycles. The number of nitrogens with zero attached hydrogens (tertiary/aromatic N) is 1. The third-order valence-electron chi connectivity index (χ3n) is 3.02. The van der Waals surface area contributed by atoms with Crippen LogP contribution in [0.2, 0.25) is 0 Å². The predicted molar refractivity (Wildman–Crippen MR) is 52.0 cm³/mol. The van der Waals surface area contributed by atoms with Gasteiger partial charge in [0.2, 0.25) is 0 Å². The van der Waals surface area contributed by atoms with Gasteiger partial charge in [0.25, 0.3) is 0 Å². The summed E-state index contributed by atoms with van der Waals surface area (Å²) in [6.45, 7) is 3.21. The van der Waals surface area contributed by atoms with Crippen LogP contribution < -0.4 is 0 Å². The van der Waals surface area contributed by atoms with E-state index in [0.717, 1.165) is 13.0 Å². The fourth-order valence-electron chi connectivity index (χ4n) is 2.23. The second-order valence-electron chi connectivity index (χ2n) is 4.05. The molecule has 4 heteroatoms. The zero-order valence-electron chi connectivity index (χ0n) is 8.63. The molecule has 0 amide bonds. The Morgan fingerprint density at radius 2 is 2.36 bits per heavy atom. The average molecular weight is 203 g/mol. The van der Waals surface area contributed by atoms with Crippen molar-refractivity contribution in [2.24, 2.45) is 5.41 Å². The summed E-state index contributed by atoms with van der Waals surface area (Å²) >= 11 is 0. The Morgan fingerprint density at radius 1 is 1.64 bits per heavy atom. The fraction of sp³-hybridized carbons (Fsp3) is 0.900. The van der Waals surface area contributed by atoms with Crippen LogP contribution in [-0.2, 0) is 4.79 Å². The van der Waals surface area contributed by atoms with E-state index >= 15 is 0 Å². The predicted octanol–water partition coefficient (Wildman–Crippen LogP) is 1.53. The van der Waals surface area contributed by atoms with Gasteiger partial charge >= 0.3 is 5.97 Å². The maximum atomic E-state index is 12.1. The van der Waals surface area contributed by atoms with Crippen molar-refractivity contribution < 1.29 is 14.3 Å². The van der Waals surface area contributed by atoms with Crippen LogP contribution in [0, 0.1) is 5.41 Å². The molecule has 1 saturated heterocycles. The number of halogens is 1. The van der Waals surface area contributed by atoms with E-state index in [1.807, 2.05) is 11.8 Å². The lowest BCUT2D eigenvalue weighted by Gasteiger charge is -2.23. The van der Waals surface area contributed by atoms with Gasteiger partial charge in [0, 0.05) is 13.1 Å². The van der Waals surface area contributed by atoms with Gasteiger partial charge in [-0.2, -0.15) is 0 Å². The topological polar surface area (TPSA) is 40.5 Å². The average Bonchev–Trinajstić information content (AvgIpc) is 2.51. The number of rotatable bonds is 5. The van der Waals surface area contributed by atoms with Crippen LogP contribution in [0.4, 0.5) is 4.39 Å². The van der Waals surface area contributed by atoms with Crippen molar-refractivity contribution in [3.05, 3.63) is 0 Å². The van der Waals surface area contributed by atoms with Gasteiger partial charge in [0.15, 0.2) is 0 Å². The molecule has 0 spiro atoms. The van der Waals surface area contributed by atoms with E-state index in [0.29, 0.717) is 25.9 Å². The van der Waals surface area contributed by atoms with Crippen LogP contribution in [0.25, 0.3) is 0 Å². The second-order valence-corrected chi connectivity index (χ2v) is 4.05. The Kier molecular flexibility index (Phi) is 3.86. The number of hydrogen-bond acceptors (Lipinski definition) is 2. The minimum absolute atomic E-state index is 0.374. The molecule has 0 radical (unpaired) electrons. The summed E-state index contributed by atoms with van der Waals surface area (Å²) in [6, 6.07) is 0. The normalized spacial score (nSPS) is 28.1. The van der Waals surface area contributed by atoms with E-state index in [-0.39, 0.29) is 6.67 Å². The fourth-order valence-corrected chi connectivity index (χ4v) is 2.23. The number of carbonyl (C=O) groups is 1. The maximum absolute atomic E-state index is 12.1. The first-order valence-electron chi connectivity index (χ1n) is 5.16. The lowest BCUT2D eigenvalue weighted by molar-refractivity contribution is -0.148. The molecule has 0 bridgehead atoms. The minimum Gasteiger partial charge on any atom is -0.481 e. The molecule has 0 aliphatic carbocycles. The molecule has 0 aromatic rings. The van der Waals surface area contributed by atoms with Crippen LogP contribution in [0.3, 0.4) is 0 Å². The third kappa shape index (κ3) is 2.23. The van der Waals surface area contributed by atoms with Crippen molar-refractivity contribution in [2.75, 3.05) is 26.3 Å². The number of carboxylic acid groups (broad SMARTS) is 1. The summed E-state index contributed by atoms with van der Waals surface area (Å²) in [5.41, 5.74) is -0.607. The molecule has 0 aromatic carbocycles. The molecule has 1 fully saturated rings. The number of alkyl halides is 1. The molecule has 0 aromatic heterocycles. The van der Waals surface area contributed by atoms with Crippen LogP contribution in [0.1, 0.15) is 26.2 Å². The standard InChI is InChI=1S/C10H18FNO2/c1-2-3-10(9(13)14)4-6-12(8-10)7-5-11/h2-8H2,1H3,(H,13,14). The summed E-state index contributed by atoms with van der Waals surface area (Å²) < 4.78 is 12.1. The lowest BCUT2D eigenvalue weighted by atomic mass is 9.83. The molecule has 1 heterocycles. The molecule has 1 aliphatic rings. The van der Waals surface area contributed by atoms with Crippen LogP contribution in [0.15, 0.2) is 0 Å². The molecule has 3 nitrogen and oxygen atoms in total. The Balaban J connectivity index is 2.59. The summed E-state index contributed by atoms with van der Waals surface area (Å²) in [4.78, 5) is 13.0.